The summed E-state index contributed by atoms with van der Waals surface area (Å²) in [6.45, 7) is 2.50. The van der Waals surface area contributed by atoms with E-state index >= 15 is 0 Å². The van der Waals surface area contributed by atoms with Gasteiger partial charge in [0.2, 0.25) is 12.7 Å². The molecule has 0 spiro atoms. The number of hydrogen-bond acceptors (Lipinski definition) is 6. The Morgan fingerprint density at radius 3 is 2.52 bits per heavy atom. The van der Waals surface area contributed by atoms with Crippen LogP contribution in [0.4, 0.5) is 0 Å². The molecule has 0 aliphatic carbocycles. The van der Waals surface area contributed by atoms with Crippen molar-refractivity contribution >= 4 is 17.7 Å². The molecular weight excluding hydrogens is 436 g/mol. The molecule has 1 aromatic heterocycles. The van der Waals surface area contributed by atoms with Gasteiger partial charge in [0.05, 0.1) is 5.25 Å². The van der Waals surface area contributed by atoms with Gasteiger partial charge in [-0.2, -0.15) is 0 Å². The van der Waals surface area contributed by atoms with Crippen molar-refractivity contribution in [3.63, 3.8) is 0 Å². The van der Waals surface area contributed by atoms with Crippen LogP contribution in [0.2, 0.25) is 0 Å². The largest absolute Gasteiger partial charge is 0.454 e. The summed E-state index contributed by atoms with van der Waals surface area (Å²) in [6.07, 6.45) is 0. The third-order valence-corrected chi connectivity index (χ3v) is 6.28. The highest BCUT2D eigenvalue weighted by atomic mass is 32.2. The van der Waals surface area contributed by atoms with Crippen molar-refractivity contribution in [3.05, 3.63) is 84.4 Å². The molecular formula is C25H22N4O3S. The van der Waals surface area contributed by atoms with E-state index in [0.29, 0.717) is 17.5 Å². The first-order chi connectivity index (χ1) is 16.2. The van der Waals surface area contributed by atoms with E-state index in [2.05, 4.69) is 15.5 Å². The van der Waals surface area contributed by atoms with Gasteiger partial charge in [0.1, 0.15) is 0 Å². The van der Waals surface area contributed by atoms with E-state index in [1.165, 1.54) is 11.8 Å². The van der Waals surface area contributed by atoms with Crippen LogP contribution in [0.15, 0.2) is 84.0 Å². The van der Waals surface area contributed by atoms with Gasteiger partial charge in [-0.15, -0.1) is 10.2 Å². The van der Waals surface area contributed by atoms with Crippen molar-refractivity contribution in [2.24, 2.45) is 0 Å². The molecule has 7 nitrogen and oxygen atoms in total. The summed E-state index contributed by atoms with van der Waals surface area (Å²) in [5, 5.41) is 12.1. The number of rotatable bonds is 7. The van der Waals surface area contributed by atoms with E-state index in [-0.39, 0.29) is 18.0 Å². The summed E-state index contributed by atoms with van der Waals surface area (Å²) in [5.41, 5.74) is 2.85. The van der Waals surface area contributed by atoms with E-state index in [1.807, 2.05) is 90.4 Å². The number of carbonyl (C=O) groups excluding carboxylic acids is 1. The van der Waals surface area contributed by atoms with Crippen LogP contribution in [0.5, 0.6) is 11.5 Å². The topological polar surface area (TPSA) is 78.3 Å². The lowest BCUT2D eigenvalue weighted by Crippen LogP contribution is -2.30. The van der Waals surface area contributed by atoms with Gasteiger partial charge in [-0.25, -0.2) is 0 Å². The van der Waals surface area contributed by atoms with Crippen LogP contribution in [-0.2, 0) is 11.3 Å². The molecule has 2 heterocycles. The Morgan fingerprint density at radius 1 is 1.00 bits per heavy atom. The predicted molar refractivity (Wildman–Crippen MR) is 127 cm³/mol. The molecule has 0 radical (unpaired) electrons. The molecule has 1 aliphatic rings. The van der Waals surface area contributed by atoms with Crippen molar-refractivity contribution in [1.29, 1.82) is 0 Å². The molecule has 0 saturated heterocycles. The Labute approximate surface area is 195 Å². The number of fused-ring (bicyclic) bond motifs is 1. The Bertz CT molecular complexity index is 1260. The molecule has 8 heteroatoms. The number of nitrogens with zero attached hydrogens (tertiary/aromatic N) is 3. The maximum atomic E-state index is 12.8. The van der Waals surface area contributed by atoms with Crippen LogP contribution in [0.3, 0.4) is 0 Å². The second-order valence-corrected chi connectivity index (χ2v) is 8.82. The SMILES string of the molecule is CC(Sc1nnc(-c2ccccc2)n1-c1ccccc1)C(=O)NCc1ccc2c(c1)OCO2. The number of ether oxygens (including phenoxy) is 2. The van der Waals surface area contributed by atoms with Crippen LogP contribution < -0.4 is 14.8 Å². The molecule has 4 aromatic rings. The number of amides is 1. The lowest BCUT2D eigenvalue weighted by atomic mass is 10.2. The summed E-state index contributed by atoms with van der Waals surface area (Å²) in [4.78, 5) is 12.8. The average molecular weight is 459 g/mol. The first kappa shape index (κ1) is 21.1. The normalized spacial score (nSPS) is 13.0. The van der Waals surface area contributed by atoms with Crippen LogP contribution in [-0.4, -0.2) is 32.7 Å². The number of aromatic nitrogens is 3. The van der Waals surface area contributed by atoms with Gasteiger partial charge in [0.15, 0.2) is 22.5 Å². The number of benzene rings is 3. The average Bonchev–Trinajstić information content (AvgIpc) is 3.50. The maximum Gasteiger partial charge on any atom is 0.233 e. The monoisotopic (exact) mass is 458 g/mol. The molecule has 0 bridgehead atoms. The van der Waals surface area contributed by atoms with Crippen molar-refractivity contribution in [2.45, 2.75) is 23.9 Å². The zero-order valence-corrected chi connectivity index (χ0v) is 18.8. The summed E-state index contributed by atoms with van der Waals surface area (Å²) in [6, 6.07) is 25.5. The van der Waals surface area contributed by atoms with Crippen LogP contribution in [0, 0.1) is 0 Å². The van der Waals surface area contributed by atoms with Crippen molar-refractivity contribution < 1.29 is 14.3 Å². The first-order valence-electron chi connectivity index (χ1n) is 10.6. The van der Waals surface area contributed by atoms with Crippen LogP contribution >= 0.6 is 11.8 Å². The molecule has 1 amide bonds. The fourth-order valence-electron chi connectivity index (χ4n) is 3.53. The first-order valence-corrected chi connectivity index (χ1v) is 11.5. The third kappa shape index (κ3) is 4.56. The third-order valence-electron chi connectivity index (χ3n) is 5.23. The van der Waals surface area contributed by atoms with Crippen molar-refractivity contribution in [1.82, 2.24) is 20.1 Å². The molecule has 1 aliphatic heterocycles. The number of carbonyl (C=O) groups is 1. The Balaban J connectivity index is 1.33. The maximum absolute atomic E-state index is 12.8. The fraction of sp³-hybridized carbons (Fsp3) is 0.160. The fourth-order valence-corrected chi connectivity index (χ4v) is 4.42. The smallest absolute Gasteiger partial charge is 0.233 e. The van der Waals surface area contributed by atoms with E-state index in [9.17, 15) is 4.79 Å². The summed E-state index contributed by atoms with van der Waals surface area (Å²) < 4.78 is 12.7. The number of nitrogens with one attached hydrogen (secondary N) is 1. The van der Waals surface area contributed by atoms with Gasteiger partial charge >= 0.3 is 0 Å². The van der Waals surface area contributed by atoms with E-state index in [4.69, 9.17) is 9.47 Å². The molecule has 5 rings (SSSR count). The van der Waals surface area contributed by atoms with Crippen molar-refractivity contribution in [3.8, 4) is 28.6 Å². The Morgan fingerprint density at radius 2 is 1.73 bits per heavy atom. The van der Waals surface area contributed by atoms with E-state index in [0.717, 1.165) is 28.4 Å². The summed E-state index contributed by atoms with van der Waals surface area (Å²) in [7, 11) is 0. The predicted octanol–water partition coefficient (Wildman–Crippen LogP) is 4.46. The molecule has 1 N–H and O–H groups in total. The second-order valence-electron chi connectivity index (χ2n) is 7.51. The minimum atomic E-state index is -0.366. The highest BCUT2D eigenvalue weighted by Crippen LogP contribution is 2.33. The Kier molecular flexibility index (Phi) is 5.99. The van der Waals surface area contributed by atoms with Crippen LogP contribution in [0.1, 0.15) is 12.5 Å². The zero-order valence-electron chi connectivity index (χ0n) is 18.0. The number of thioether (sulfide) groups is 1. The van der Waals surface area contributed by atoms with E-state index < -0.39 is 0 Å². The standard InChI is InChI=1S/C25H22N4O3S/c1-17(24(30)26-15-18-12-13-21-22(14-18)32-16-31-21)33-25-28-27-23(19-8-4-2-5-9-19)29(25)20-10-6-3-7-11-20/h2-14,17H,15-16H2,1H3,(H,26,30). The van der Waals surface area contributed by atoms with Gasteiger partial charge in [0.25, 0.3) is 0 Å². The van der Waals surface area contributed by atoms with E-state index in [1.54, 1.807) is 0 Å². The lowest BCUT2D eigenvalue weighted by molar-refractivity contribution is -0.120. The molecule has 1 atom stereocenters. The number of hydrogen-bond donors (Lipinski definition) is 1. The molecule has 166 valence electrons. The molecule has 3 aromatic carbocycles. The van der Waals surface area contributed by atoms with Gasteiger partial charge < -0.3 is 14.8 Å². The highest BCUT2D eigenvalue weighted by molar-refractivity contribution is 8.00. The molecule has 0 fully saturated rings. The van der Waals surface area contributed by atoms with Gasteiger partial charge in [0, 0.05) is 17.8 Å². The zero-order chi connectivity index (χ0) is 22.6. The van der Waals surface area contributed by atoms with Gasteiger partial charge in [-0.3, -0.25) is 9.36 Å². The summed E-state index contributed by atoms with van der Waals surface area (Å²) >= 11 is 1.38. The lowest BCUT2D eigenvalue weighted by Gasteiger charge is -2.14. The minimum absolute atomic E-state index is 0.0819. The molecule has 33 heavy (non-hydrogen) atoms. The molecule has 1 unspecified atom stereocenters. The minimum Gasteiger partial charge on any atom is -0.454 e. The van der Waals surface area contributed by atoms with Gasteiger partial charge in [-0.1, -0.05) is 66.4 Å². The number of para-hydroxylation sites is 1. The van der Waals surface area contributed by atoms with Crippen LogP contribution in [0.25, 0.3) is 17.1 Å². The molecule has 0 saturated carbocycles. The summed E-state index contributed by atoms with van der Waals surface area (Å²) in [5.74, 6) is 2.08. The van der Waals surface area contributed by atoms with Gasteiger partial charge in [-0.05, 0) is 36.8 Å². The van der Waals surface area contributed by atoms with Crippen molar-refractivity contribution in [2.75, 3.05) is 6.79 Å². The highest BCUT2D eigenvalue weighted by Gasteiger charge is 2.22. The second kappa shape index (κ2) is 9.38. The Hall–Kier alpha value is -3.78. The quantitative estimate of drug-likeness (QED) is 0.412.